The highest BCUT2D eigenvalue weighted by atomic mass is 16.8. The quantitative estimate of drug-likeness (QED) is 0.533. The van der Waals surface area contributed by atoms with Crippen LogP contribution >= 0.6 is 0 Å². The van der Waals surface area contributed by atoms with Crippen molar-refractivity contribution in [1.82, 2.24) is 0 Å². The minimum atomic E-state index is 0.0900. The first-order valence-electron chi connectivity index (χ1n) is 4.81. The van der Waals surface area contributed by atoms with Crippen molar-refractivity contribution in [3.63, 3.8) is 0 Å². The summed E-state index contributed by atoms with van der Waals surface area (Å²) in [5.41, 5.74) is 8.66. The second-order valence-electron chi connectivity index (χ2n) is 3.46. The van der Waals surface area contributed by atoms with E-state index in [1.165, 1.54) is 0 Å². The van der Waals surface area contributed by atoms with Gasteiger partial charge in [0.15, 0.2) is 0 Å². The van der Waals surface area contributed by atoms with Gasteiger partial charge in [-0.05, 0) is 35.4 Å². The number of hydrogen-bond acceptors (Lipinski definition) is 4. The number of rotatable bonds is 2. The molecule has 0 aliphatic heterocycles. The van der Waals surface area contributed by atoms with E-state index in [4.69, 9.17) is 16.1 Å². The molecule has 0 heterocycles. The van der Waals surface area contributed by atoms with Crippen LogP contribution in [0.2, 0.25) is 0 Å². The molecule has 0 spiro atoms. The molecular weight excluding hydrogens is 204 g/mol. The molecule has 16 heavy (non-hydrogen) atoms. The maximum absolute atomic E-state index is 8.79. The molecule has 0 bridgehead atoms. The maximum atomic E-state index is 8.79. The zero-order valence-electron chi connectivity index (χ0n) is 8.54. The van der Waals surface area contributed by atoms with Crippen LogP contribution in [0.15, 0.2) is 48.5 Å². The molecule has 2 rings (SSSR count). The fourth-order valence-electron chi connectivity index (χ4n) is 1.46. The molecule has 0 amide bonds. The molecule has 0 radical (unpaired) electrons. The Bertz CT molecular complexity index is 463. The lowest BCUT2D eigenvalue weighted by atomic mass is 10.1. The monoisotopic (exact) mass is 216 g/mol. The Hall–Kier alpha value is -2.04. The second-order valence-corrected chi connectivity index (χ2v) is 3.46. The lowest BCUT2D eigenvalue weighted by molar-refractivity contribution is 0.0292. The Morgan fingerprint density at radius 2 is 1.19 bits per heavy atom. The van der Waals surface area contributed by atoms with Crippen molar-refractivity contribution >= 4 is 11.4 Å². The van der Waals surface area contributed by atoms with E-state index in [2.05, 4.69) is 0 Å². The average molecular weight is 216 g/mol. The predicted octanol–water partition coefficient (Wildman–Crippen LogP) is 2.52. The van der Waals surface area contributed by atoms with Gasteiger partial charge in [-0.3, -0.25) is 10.4 Å². The highest BCUT2D eigenvalue weighted by Crippen LogP contribution is 2.22. The normalized spacial score (nSPS) is 10.1. The minimum absolute atomic E-state index is 0.0900. The van der Waals surface area contributed by atoms with Gasteiger partial charge in [-0.1, -0.05) is 24.3 Å². The molecule has 0 aliphatic carbocycles. The van der Waals surface area contributed by atoms with Gasteiger partial charge in [0.25, 0.3) is 0 Å². The highest BCUT2D eigenvalue weighted by molar-refractivity contribution is 5.67. The summed E-state index contributed by atoms with van der Waals surface area (Å²) in [6, 6.07) is 14.3. The third-order valence-electron chi connectivity index (χ3n) is 2.34. The van der Waals surface area contributed by atoms with Crippen LogP contribution in [-0.4, -0.2) is 10.4 Å². The molecule has 4 N–H and O–H groups in total. The Morgan fingerprint density at radius 1 is 0.750 bits per heavy atom. The van der Waals surface area contributed by atoms with E-state index in [9.17, 15) is 0 Å². The molecule has 0 saturated carbocycles. The van der Waals surface area contributed by atoms with Crippen molar-refractivity contribution in [3.05, 3.63) is 48.5 Å². The zero-order chi connectivity index (χ0) is 11.5. The van der Waals surface area contributed by atoms with Crippen LogP contribution in [0.25, 0.3) is 11.1 Å². The summed E-state index contributed by atoms with van der Waals surface area (Å²) in [5, 5.41) is 17.7. The zero-order valence-corrected chi connectivity index (χ0v) is 8.54. The van der Waals surface area contributed by atoms with E-state index < -0.39 is 0 Å². The summed E-state index contributed by atoms with van der Waals surface area (Å²) in [5.74, 6) is 0. The van der Waals surface area contributed by atoms with E-state index in [1.54, 1.807) is 24.3 Å². The van der Waals surface area contributed by atoms with E-state index in [0.29, 0.717) is 5.69 Å². The van der Waals surface area contributed by atoms with Gasteiger partial charge in [-0.25, -0.2) is 0 Å². The van der Waals surface area contributed by atoms with Gasteiger partial charge in [0.05, 0.1) is 5.69 Å². The van der Waals surface area contributed by atoms with E-state index >= 15 is 0 Å². The number of nitrogens with zero attached hydrogens (tertiary/aromatic N) is 1. The lowest BCUT2D eigenvalue weighted by Gasteiger charge is -2.08. The first-order chi connectivity index (χ1) is 7.66. The number of anilines is 2. The topological polar surface area (TPSA) is 69.7 Å². The molecular formula is C12H12N2O2. The maximum Gasteiger partial charge on any atom is 0.0943 e. The van der Waals surface area contributed by atoms with Crippen LogP contribution in [0.4, 0.5) is 11.4 Å². The van der Waals surface area contributed by atoms with Crippen LogP contribution < -0.4 is 11.0 Å². The molecule has 2 aromatic carbocycles. The number of nitrogens with two attached hydrogens (primary N) is 1. The first kappa shape index (κ1) is 10.5. The molecule has 0 saturated heterocycles. The number of nitrogen functional groups attached to an aromatic ring is 1. The number of benzene rings is 2. The Morgan fingerprint density at radius 3 is 1.62 bits per heavy atom. The summed E-state index contributed by atoms with van der Waals surface area (Å²) >= 11 is 0. The molecule has 0 atom stereocenters. The molecule has 4 heteroatoms. The molecule has 82 valence electrons. The van der Waals surface area contributed by atoms with Gasteiger partial charge in [0.2, 0.25) is 0 Å². The van der Waals surface area contributed by atoms with Crippen molar-refractivity contribution < 1.29 is 10.4 Å². The van der Waals surface area contributed by atoms with Gasteiger partial charge in [-0.15, -0.1) is 5.23 Å². The Balaban J connectivity index is 2.31. The van der Waals surface area contributed by atoms with E-state index in [-0.39, 0.29) is 5.23 Å². The van der Waals surface area contributed by atoms with Crippen LogP contribution in [0, 0.1) is 0 Å². The first-order valence-corrected chi connectivity index (χ1v) is 4.81. The predicted molar refractivity (Wildman–Crippen MR) is 62.3 cm³/mol. The fourth-order valence-corrected chi connectivity index (χ4v) is 1.46. The molecule has 2 aromatic rings. The van der Waals surface area contributed by atoms with Gasteiger partial charge >= 0.3 is 0 Å². The van der Waals surface area contributed by atoms with Gasteiger partial charge in [-0.2, -0.15) is 0 Å². The van der Waals surface area contributed by atoms with Crippen molar-refractivity contribution in [1.29, 1.82) is 0 Å². The Kier molecular flexibility index (Phi) is 2.76. The summed E-state index contributed by atoms with van der Waals surface area (Å²) in [7, 11) is 0. The average Bonchev–Trinajstić information content (AvgIpc) is 2.30. The Labute approximate surface area is 93.1 Å². The largest absolute Gasteiger partial charge is 0.399 e. The van der Waals surface area contributed by atoms with Crippen molar-refractivity contribution in [3.8, 4) is 11.1 Å². The summed E-state index contributed by atoms with van der Waals surface area (Å²) in [6.07, 6.45) is 0. The summed E-state index contributed by atoms with van der Waals surface area (Å²) in [4.78, 5) is 0. The smallest absolute Gasteiger partial charge is 0.0943 e. The number of hydrogen-bond donors (Lipinski definition) is 3. The van der Waals surface area contributed by atoms with Gasteiger partial charge in [0.1, 0.15) is 0 Å². The van der Waals surface area contributed by atoms with Gasteiger partial charge < -0.3 is 5.73 Å². The van der Waals surface area contributed by atoms with Crippen molar-refractivity contribution in [2.75, 3.05) is 11.0 Å². The molecule has 4 nitrogen and oxygen atoms in total. The minimum Gasteiger partial charge on any atom is -0.399 e. The van der Waals surface area contributed by atoms with Crippen LogP contribution in [0.3, 0.4) is 0 Å². The summed E-state index contributed by atoms with van der Waals surface area (Å²) < 4.78 is 0. The standard InChI is InChI=1S/C12H12N2O2/c13-11-5-1-9(2-6-11)10-3-7-12(8-4-10)14(15)16/h1-8,15-16H,13H2. The van der Waals surface area contributed by atoms with Crippen LogP contribution in [0.1, 0.15) is 0 Å². The van der Waals surface area contributed by atoms with E-state index in [0.717, 1.165) is 16.8 Å². The van der Waals surface area contributed by atoms with Crippen LogP contribution in [-0.2, 0) is 0 Å². The van der Waals surface area contributed by atoms with Crippen molar-refractivity contribution in [2.45, 2.75) is 0 Å². The second kappa shape index (κ2) is 4.22. The van der Waals surface area contributed by atoms with Crippen LogP contribution in [0.5, 0.6) is 0 Å². The van der Waals surface area contributed by atoms with Crippen molar-refractivity contribution in [2.24, 2.45) is 0 Å². The third-order valence-corrected chi connectivity index (χ3v) is 2.34. The fraction of sp³-hybridized carbons (Fsp3) is 0. The summed E-state index contributed by atoms with van der Waals surface area (Å²) in [6.45, 7) is 0. The molecule has 0 aromatic heterocycles. The molecule has 0 fully saturated rings. The highest BCUT2D eigenvalue weighted by Gasteiger charge is 2.00. The third kappa shape index (κ3) is 2.13. The molecule has 0 aliphatic rings. The lowest BCUT2D eigenvalue weighted by Crippen LogP contribution is -2.10. The SMILES string of the molecule is Nc1ccc(-c2ccc(N(O)O)cc2)cc1. The van der Waals surface area contributed by atoms with Gasteiger partial charge in [0, 0.05) is 5.69 Å². The molecule has 0 unspecified atom stereocenters. The van der Waals surface area contributed by atoms with E-state index in [1.807, 2.05) is 24.3 Å².